The van der Waals surface area contributed by atoms with Crippen molar-refractivity contribution in [3.05, 3.63) is 17.5 Å². The van der Waals surface area contributed by atoms with Gasteiger partial charge in [-0.3, -0.25) is 14.3 Å². The second kappa shape index (κ2) is 7.17. The molecule has 2 atom stereocenters. The van der Waals surface area contributed by atoms with Crippen LogP contribution in [-0.4, -0.2) is 57.5 Å². The number of carbonyl (C=O) groups is 2. The largest absolute Gasteiger partial charge is 0.481 e. The van der Waals surface area contributed by atoms with Gasteiger partial charge in [0.25, 0.3) is 5.91 Å². The fourth-order valence-corrected chi connectivity index (χ4v) is 4.64. The van der Waals surface area contributed by atoms with Crippen molar-refractivity contribution in [3.63, 3.8) is 0 Å². The number of aliphatic carboxylic acids is 1. The van der Waals surface area contributed by atoms with Gasteiger partial charge < -0.3 is 14.7 Å². The molecule has 0 spiro atoms. The van der Waals surface area contributed by atoms with Crippen LogP contribution < -0.4 is 0 Å². The lowest BCUT2D eigenvalue weighted by atomic mass is 9.84. The number of piperidine rings is 1. The van der Waals surface area contributed by atoms with Gasteiger partial charge in [0.1, 0.15) is 0 Å². The maximum absolute atomic E-state index is 13.1. The fourth-order valence-electron chi connectivity index (χ4n) is 4.64. The third kappa shape index (κ3) is 3.69. The molecule has 3 aliphatic rings. The SMILES string of the molecule is CC(C)(C)n1nc(C(=O)N2CCC([C@@H]3OCCC3C(=O)O)CC2)cc1C1CC1. The van der Waals surface area contributed by atoms with E-state index in [9.17, 15) is 14.7 Å². The minimum Gasteiger partial charge on any atom is -0.481 e. The van der Waals surface area contributed by atoms with Crippen LogP contribution in [0.1, 0.15) is 75.0 Å². The lowest BCUT2D eigenvalue weighted by Gasteiger charge is -2.35. The van der Waals surface area contributed by atoms with Crippen LogP contribution in [0.15, 0.2) is 6.07 Å². The van der Waals surface area contributed by atoms with Crippen LogP contribution >= 0.6 is 0 Å². The fraction of sp³-hybridized carbons (Fsp3) is 0.762. The van der Waals surface area contributed by atoms with E-state index in [1.54, 1.807) is 0 Å². The van der Waals surface area contributed by atoms with Crippen LogP contribution in [0.3, 0.4) is 0 Å². The summed E-state index contributed by atoms with van der Waals surface area (Å²) in [5, 5.41) is 14.1. The average molecular weight is 389 g/mol. The van der Waals surface area contributed by atoms with E-state index in [2.05, 4.69) is 25.9 Å². The summed E-state index contributed by atoms with van der Waals surface area (Å²) in [6.45, 7) is 8.15. The van der Waals surface area contributed by atoms with E-state index in [-0.39, 0.29) is 23.5 Å². The molecule has 7 nitrogen and oxygen atoms in total. The molecule has 1 amide bonds. The lowest BCUT2D eigenvalue weighted by Crippen LogP contribution is -2.43. The molecule has 2 saturated heterocycles. The first-order chi connectivity index (χ1) is 13.3. The number of rotatable bonds is 4. The first-order valence-electron chi connectivity index (χ1n) is 10.5. The van der Waals surface area contributed by atoms with Gasteiger partial charge in [-0.2, -0.15) is 5.10 Å². The van der Waals surface area contributed by atoms with E-state index in [0.717, 1.165) is 12.8 Å². The summed E-state index contributed by atoms with van der Waals surface area (Å²) in [6, 6.07) is 1.98. The molecule has 4 rings (SSSR count). The minimum absolute atomic E-state index is 0.00882. The van der Waals surface area contributed by atoms with Crippen molar-refractivity contribution in [2.75, 3.05) is 19.7 Å². The number of carbonyl (C=O) groups excluding carboxylic acids is 1. The Kier molecular flexibility index (Phi) is 4.98. The molecule has 0 bridgehead atoms. The molecular formula is C21H31N3O4. The van der Waals surface area contributed by atoms with Crippen molar-refractivity contribution < 1.29 is 19.4 Å². The standard InChI is InChI=1S/C21H31N3O4/c1-21(2,3)24-17(13-4-5-13)12-16(22-24)19(25)23-9-6-14(7-10-23)18-15(20(26)27)8-11-28-18/h12-15,18H,4-11H2,1-3H3,(H,26,27)/t15?,18-/m0/s1. The first kappa shape index (κ1) is 19.4. The molecule has 2 aliphatic heterocycles. The van der Waals surface area contributed by atoms with Gasteiger partial charge in [-0.1, -0.05) is 0 Å². The van der Waals surface area contributed by atoms with Crippen LogP contribution in [0.2, 0.25) is 0 Å². The van der Waals surface area contributed by atoms with E-state index < -0.39 is 11.9 Å². The zero-order chi connectivity index (χ0) is 20.1. The topological polar surface area (TPSA) is 84.7 Å². The number of nitrogens with zero attached hydrogens (tertiary/aromatic N) is 3. The molecular weight excluding hydrogens is 358 g/mol. The van der Waals surface area contributed by atoms with E-state index in [1.807, 2.05) is 15.6 Å². The summed E-state index contributed by atoms with van der Waals surface area (Å²) in [5.41, 5.74) is 1.57. The Bertz CT molecular complexity index is 754. The molecule has 3 fully saturated rings. The zero-order valence-corrected chi connectivity index (χ0v) is 17.1. The Hall–Kier alpha value is -1.89. The molecule has 0 aromatic carbocycles. The number of carboxylic acids is 1. The zero-order valence-electron chi connectivity index (χ0n) is 17.1. The highest BCUT2D eigenvalue weighted by Crippen LogP contribution is 2.42. The summed E-state index contributed by atoms with van der Waals surface area (Å²) < 4.78 is 7.76. The Balaban J connectivity index is 1.43. The third-order valence-corrected chi connectivity index (χ3v) is 6.33. The van der Waals surface area contributed by atoms with Gasteiger partial charge in [0.15, 0.2) is 5.69 Å². The summed E-state index contributed by atoms with van der Waals surface area (Å²) in [4.78, 5) is 26.4. The molecule has 1 N–H and O–H groups in total. The number of hydrogen-bond acceptors (Lipinski definition) is 4. The minimum atomic E-state index is -0.763. The summed E-state index contributed by atoms with van der Waals surface area (Å²) in [7, 11) is 0. The summed E-state index contributed by atoms with van der Waals surface area (Å²) in [5.74, 6) is -0.434. The first-order valence-corrected chi connectivity index (χ1v) is 10.5. The van der Waals surface area contributed by atoms with Crippen LogP contribution in [-0.2, 0) is 15.1 Å². The molecule has 1 unspecified atom stereocenters. The van der Waals surface area contributed by atoms with Crippen molar-refractivity contribution >= 4 is 11.9 Å². The van der Waals surface area contributed by atoms with Crippen molar-refractivity contribution in [2.24, 2.45) is 11.8 Å². The lowest BCUT2D eigenvalue weighted by molar-refractivity contribution is -0.145. The average Bonchev–Trinajstić information content (AvgIpc) is 3.20. The van der Waals surface area contributed by atoms with Crippen molar-refractivity contribution in [1.82, 2.24) is 14.7 Å². The van der Waals surface area contributed by atoms with Gasteiger partial charge in [0, 0.05) is 31.3 Å². The Morgan fingerprint density at radius 2 is 1.82 bits per heavy atom. The van der Waals surface area contributed by atoms with Crippen LogP contribution in [0, 0.1) is 11.8 Å². The smallest absolute Gasteiger partial charge is 0.309 e. The van der Waals surface area contributed by atoms with Gasteiger partial charge >= 0.3 is 5.97 Å². The van der Waals surface area contributed by atoms with Gasteiger partial charge in [-0.05, 0) is 64.9 Å². The molecule has 7 heteroatoms. The quantitative estimate of drug-likeness (QED) is 0.856. The van der Waals surface area contributed by atoms with E-state index in [4.69, 9.17) is 4.74 Å². The number of hydrogen-bond donors (Lipinski definition) is 1. The van der Waals surface area contributed by atoms with Crippen LogP contribution in [0.4, 0.5) is 0 Å². The highest BCUT2D eigenvalue weighted by molar-refractivity contribution is 5.92. The molecule has 154 valence electrons. The monoisotopic (exact) mass is 389 g/mol. The molecule has 1 aromatic rings. The molecule has 1 aliphatic carbocycles. The second-order valence-corrected chi connectivity index (χ2v) is 9.51. The maximum Gasteiger partial charge on any atom is 0.309 e. The predicted molar refractivity (Wildman–Crippen MR) is 103 cm³/mol. The molecule has 1 aromatic heterocycles. The van der Waals surface area contributed by atoms with Gasteiger partial charge in [0.05, 0.1) is 17.6 Å². The number of ether oxygens (including phenoxy) is 1. The molecule has 1 saturated carbocycles. The highest BCUT2D eigenvalue weighted by atomic mass is 16.5. The summed E-state index contributed by atoms with van der Waals surface area (Å²) in [6.07, 6.45) is 4.30. The Morgan fingerprint density at radius 3 is 2.39 bits per heavy atom. The second-order valence-electron chi connectivity index (χ2n) is 9.51. The van der Waals surface area contributed by atoms with Gasteiger partial charge in [0.2, 0.25) is 0 Å². The predicted octanol–water partition coefficient (Wildman–Crippen LogP) is 2.86. The van der Waals surface area contributed by atoms with Gasteiger partial charge in [-0.15, -0.1) is 0 Å². The number of aromatic nitrogens is 2. The number of carboxylic acid groups (broad SMARTS) is 1. The van der Waals surface area contributed by atoms with Gasteiger partial charge in [-0.25, -0.2) is 0 Å². The molecule has 0 radical (unpaired) electrons. The Labute approximate surface area is 166 Å². The maximum atomic E-state index is 13.1. The highest BCUT2D eigenvalue weighted by Gasteiger charge is 2.41. The van der Waals surface area contributed by atoms with Crippen LogP contribution in [0.25, 0.3) is 0 Å². The molecule has 3 heterocycles. The number of likely N-dealkylation sites (tertiary alicyclic amines) is 1. The summed E-state index contributed by atoms with van der Waals surface area (Å²) >= 11 is 0. The third-order valence-electron chi connectivity index (χ3n) is 6.33. The van der Waals surface area contributed by atoms with Crippen LogP contribution in [0.5, 0.6) is 0 Å². The van der Waals surface area contributed by atoms with E-state index >= 15 is 0 Å². The van der Waals surface area contributed by atoms with Crippen molar-refractivity contribution in [3.8, 4) is 0 Å². The molecule has 28 heavy (non-hydrogen) atoms. The van der Waals surface area contributed by atoms with Crippen molar-refractivity contribution in [1.29, 1.82) is 0 Å². The normalized spacial score (nSPS) is 26.6. The Morgan fingerprint density at radius 1 is 1.14 bits per heavy atom. The van der Waals surface area contributed by atoms with E-state index in [1.165, 1.54) is 18.5 Å². The van der Waals surface area contributed by atoms with Crippen molar-refractivity contribution in [2.45, 2.75) is 70.4 Å². The van der Waals surface area contributed by atoms with E-state index in [0.29, 0.717) is 37.7 Å². The number of amides is 1.